The molecule has 6 nitrogen and oxygen atoms in total. The van der Waals surface area contributed by atoms with Gasteiger partial charge in [0, 0.05) is 17.9 Å². The normalized spacial score (nSPS) is 12.1. The van der Waals surface area contributed by atoms with Crippen LogP contribution in [0.1, 0.15) is 25.1 Å². The molecule has 0 amide bonds. The molecule has 0 aliphatic rings. The van der Waals surface area contributed by atoms with Gasteiger partial charge in [0.1, 0.15) is 5.75 Å². The maximum absolute atomic E-state index is 10.6. The van der Waals surface area contributed by atoms with Crippen LogP contribution in [0, 0.1) is 5.92 Å². The number of nitrogens with zero attached hydrogens (tertiary/aromatic N) is 2. The van der Waals surface area contributed by atoms with E-state index in [0.29, 0.717) is 29.0 Å². The highest BCUT2D eigenvalue weighted by Gasteiger charge is 2.13. The molecule has 7 heteroatoms. The van der Waals surface area contributed by atoms with E-state index in [2.05, 4.69) is 10.2 Å². The van der Waals surface area contributed by atoms with E-state index in [4.69, 9.17) is 25.9 Å². The number of aromatic nitrogens is 2. The molecule has 0 aliphatic carbocycles. The van der Waals surface area contributed by atoms with Gasteiger partial charge in [-0.25, -0.2) is 0 Å². The summed E-state index contributed by atoms with van der Waals surface area (Å²) in [6.45, 7) is 1.98. The summed E-state index contributed by atoms with van der Waals surface area (Å²) in [6.07, 6.45) is 0.499. The predicted molar refractivity (Wildman–Crippen MR) is 75.2 cm³/mol. The maximum atomic E-state index is 10.6. The second-order valence-corrected chi connectivity index (χ2v) is 5.18. The Labute approximate surface area is 126 Å². The summed E-state index contributed by atoms with van der Waals surface area (Å²) < 4.78 is 10.9. The minimum Gasteiger partial charge on any atom is -0.484 e. The van der Waals surface area contributed by atoms with Gasteiger partial charge < -0.3 is 14.3 Å². The van der Waals surface area contributed by atoms with Crippen molar-refractivity contribution in [1.29, 1.82) is 0 Å². The smallest absolute Gasteiger partial charge is 0.303 e. The first-order chi connectivity index (χ1) is 10.0. The van der Waals surface area contributed by atoms with Gasteiger partial charge in [0.25, 0.3) is 5.89 Å². The van der Waals surface area contributed by atoms with E-state index >= 15 is 0 Å². The molecular weight excluding hydrogens is 296 g/mol. The van der Waals surface area contributed by atoms with E-state index in [-0.39, 0.29) is 18.9 Å². The molecule has 1 aromatic heterocycles. The summed E-state index contributed by atoms with van der Waals surface area (Å²) in [4.78, 5) is 10.6. The van der Waals surface area contributed by atoms with E-state index < -0.39 is 5.97 Å². The second kappa shape index (κ2) is 7.08. The van der Waals surface area contributed by atoms with Gasteiger partial charge in [0.2, 0.25) is 5.89 Å². The summed E-state index contributed by atoms with van der Waals surface area (Å²) in [6, 6.07) is 6.94. The molecule has 2 aromatic rings. The van der Waals surface area contributed by atoms with E-state index in [1.54, 1.807) is 24.3 Å². The van der Waals surface area contributed by atoms with Gasteiger partial charge in [-0.15, -0.1) is 10.2 Å². The number of hydrogen-bond acceptors (Lipinski definition) is 5. The number of carboxylic acid groups (broad SMARTS) is 1. The Kier molecular flexibility index (Phi) is 5.16. The van der Waals surface area contributed by atoms with E-state index in [1.807, 2.05) is 6.92 Å². The molecule has 112 valence electrons. The number of carbonyl (C=O) groups is 1. The van der Waals surface area contributed by atoms with Gasteiger partial charge in [-0.3, -0.25) is 4.79 Å². The van der Waals surface area contributed by atoms with Crippen molar-refractivity contribution in [2.45, 2.75) is 26.4 Å². The first-order valence-electron chi connectivity index (χ1n) is 6.44. The molecule has 2 rings (SSSR count). The standard InChI is InChI=1S/C14H15ClN2O4/c1-9(7-14(18)19)6-12-16-17-13(21-12)8-20-11-4-2-10(15)3-5-11/h2-5,9H,6-8H2,1H3,(H,18,19). The quantitative estimate of drug-likeness (QED) is 0.846. The summed E-state index contributed by atoms with van der Waals surface area (Å²) in [5, 5.41) is 17.1. The lowest BCUT2D eigenvalue weighted by Gasteiger charge is -2.04. The molecule has 1 atom stereocenters. The zero-order chi connectivity index (χ0) is 15.2. The third-order valence-corrected chi connectivity index (χ3v) is 2.98. The number of halogens is 1. The van der Waals surface area contributed by atoms with E-state index in [1.165, 1.54) is 0 Å². The van der Waals surface area contributed by atoms with Gasteiger partial charge >= 0.3 is 5.97 Å². The molecule has 0 radical (unpaired) electrons. The highest BCUT2D eigenvalue weighted by Crippen LogP contribution is 2.17. The SMILES string of the molecule is CC(CC(=O)O)Cc1nnc(COc2ccc(Cl)cc2)o1. The zero-order valence-corrected chi connectivity index (χ0v) is 12.2. The zero-order valence-electron chi connectivity index (χ0n) is 11.5. The fourth-order valence-corrected chi connectivity index (χ4v) is 1.90. The summed E-state index contributed by atoms with van der Waals surface area (Å²) in [5.74, 6) is 0.514. The molecule has 0 bridgehead atoms. The van der Waals surface area contributed by atoms with Crippen LogP contribution in [0.5, 0.6) is 5.75 Å². The average molecular weight is 311 g/mol. The van der Waals surface area contributed by atoms with Crippen LogP contribution in [-0.4, -0.2) is 21.3 Å². The first kappa shape index (κ1) is 15.3. The average Bonchev–Trinajstić information content (AvgIpc) is 2.84. The lowest BCUT2D eigenvalue weighted by Crippen LogP contribution is -2.07. The van der Waals surface area contributed by atoms with Crippen molar-refractivity contribution >= 4 is 17.6 Å². The number of rotatable bonds is 7. The lowest BCUT2D eigenvalue weighted by molar-refractivity contribution is -0.137. The van der Waals surface area contributed by atoms with Gasteiger partial charge in [-0.2, -0.15) is 0 Å². The van der Waals surface area contributed by atoms with Crippen LogP contribution in [0.3, 0.4) is 0 Å². The van der Waals surface area contributed by atoms with Crippen LogP contribution in [0.15, 0.2) is 28.7 Å². The van der Waals surface area contributed by atoms with Crippen molar-refractivity contribution in [1.82, 2.24) is 10.2 Å². The number of benzene rings is 1. The Morgan fingerprint density at radius 2 is 2.00 bits per heavy atom. The molecule has 0 saturated heterocycles. The van der Waals surface area contributed by atoms with Crippen LogP contribution >= 0.6 is 11.6 Å². The number of aliphatic carboxylic acids is 1. The molecule has 0 saturated carbocycles. The second-order valence-electron chi connectivity index (χ2n) is 4.74. The largest absolute Gasteiger partial charge is 0.484 e. The molecular formula is C14H15ClN2O4. The van der Waals surface area contributed by atoms with Crippen LogP contribution in [0.4, 0.5) is 0 Å². The Hall–Kier alpha value is -2.08. The van der Waals surface area contributed by atoms with E-state index in [0.717, 1.165) is 0 Å². The van der Waals surface area contributed by atoms with Crippen molar-refractivity contribution in [3.63, 3.8) is 0 Å². The highest BCUT2D eigenvalue weighted by atomic mass is 35.5. The van der Waals surface area contributed by atoms with Crippen molar-refractivity contribution in [2.75, 3.05) is 0 Å². The van der Waals surface area contributed by atoms with Gasteiger partial charge in [0.05, 0.1) is 0 Å². The van der Waals surface area contributed by atoms with Gasteiger partial charge in [-0.05, 0) is 30.2 Å². The summed E-state index contributed by atoms with van der Waals surface area (Å²) in [7, 11) is 0. The van der Waals surface area contributed by atoms with Crippen molar-refractivity contribution in [3.8, 4) is 5.75 Å². The first-order valence-corrected chi connectivity index (χ1v) is 6.82. The van der Waals surface area contributed by atoms with E-state index in [9.17, 15) is 4.79 Å². The molecule has 0 spiro atoms. The minimum atomic E-state index is -0.840. The van der Waals surface area contributed by atoms with Crippen molar-refractivity contribution in [2.24, 2.45) is 5.92 Å². The molecule has 21 heavy (non-hydrogen) atoms. The maximum Gasteiger partial charge on any atom is 0.303 e. The summed E-state index contributed by atoms with van der Waals surface area (Å²) >= 11 is 5.78. The Bertz CT molecular complexity index is 597. The fourth-order valence-electron chi connectivity index (χ4n) is 1.77. The van der Waals surface area contributed by atoms with Crippen LogP contribution in [-0.2, 0) is 17.8 Å². The lowest BCUT2D eigenvalue weighted by atomic mass is 10.0. The molecule has 1 aromatic carbocycles. The monoisotopic (exact) mass is 310 g/mol. The van der Waals surface area contributed by atoms with Crippen LogP contribution < -0.4 is 4.74 Å². The van der Waals surface area contributed by atoms with Crippen molar-refractivity contribution < 1.29 is 19.1 Å². The molecule has 0 fully saturated rings. The Balaban J connectivity index is 1.85. The van der Waals surface area contributed by atoms with Crippen LogP contribution in [0.2, 0.25) is 5.02 Å². The molecule has 1 heterocycles. The number of hydrogen-bond donors (Lipinski definition) is 1. The number of carboxylic acids is 1. The minimum absolute atomic E-state index is 0.0621. The predicted octanol–water partition coefficient (Wildman–Crippen LogP) is 2.96. The van der Waals surface area contributed by atoms with Gasteiger partial charge in [0.15, 0.2) is 6.61 Å². The third-order valence-electron chi connectivity index (χ3n) is 2.73. The third kappa shape index (κ3) is 5.07. The Morgan fingerprint density at radius 3 is 2.67 bits per heavy atom. The summed E-state index contributed by atoms with van der Waals surface area (Å²) in [5.41, 5.74) is 0. The Morgan fingerprint density at radius 1 is 1.33 bits per heavy atom. The molecule has 1 N–H and O–H groups in total. The van der Waals surface area contributed by atoms with Gasteiger partial charge in [-0.1, -0.05) is 18.5 Å². The fraction of sp³-hybridized carbons (Fsp3) is 0.357. The molecule has 0 aliphatic heterocycles. The topological polar surface area (TPSA) is 85.5 Å². The number of ether oxygens (including phenoxy) is 1. The molecule has 1 unspecified atom stereocenters. The van der Waals surface area contributed by atoms with Crippen LogP contribution in [0.25, 0.3) is 0 Å². The van der Waals surface area contributed by atoms with Crippen molar-refractivity contribution in [3.05, 3.63) is 41.1 Å². The highest BCUT2D eigenvalue weighted by molar-refractivity contribution is 6.30.